The highest BCUT2D eigenvalue weighted by atomic mass is 31.2. The first-order valence-corrected chi connectivity index (χ1v) is 6.59. The van der Waals surface area contributed by atoms with Crippen LogP contribution in [-0.4, -0.2) is 32.2 Å². The molecule has 1 unspecified atom stereocenters. The summed E-state index contributed by atoms with van der Waals surface area (Å²) in [5, 5.41) is 2.30. The van der Waals surface area contributed by atoms with Crippen LogP contribution in [0.3, 0.4) is 0 Å². The summed E-state index contributed by atoms with van der Waals surface area (Å²) >= 11 is 0. The number of nitrogens with one attached hydrogen (secondary N) is 1. The highest BCUT2D eigenvalue weighted by Crippen LogP contribution is 2.46. The summed E-state index contributed by atoms with van der Waals surface area (Å²) in [7, 11) is -3.05. The lowest BCUT2D eigenvalue weighted by Gasteiger charge is -2.15. The van der Waals surface area contributed by atoms with Crippen molar-refractivity contribution in [2.45, 2.75) is 20.8 Å². The Morgan fingerprint density at radius 3 is 2.33 bits per heavy atom. The molecule has 6 nitrogen and oxygen atoms in total. The fourth-order valence-electron chi connectivity index (χ4n) is 0.788. The standard InChI is InChI=1S/C8H18NO5P/c1-4-12-8(10)9-7-14-15(11,6-3)13-5-2/h4-7H2,1-3H3,(H,9,10). The predicted octanol–water partition coefficient (Wildman–Crippen LogP) is 1.96. The Balaban J connectivity index is 3.82. The predicted molar refractivity (Wildman–Crippen MR) is 55.9 cm³/mol. The van der Waals surface area contributed by atoms with E-state index in [-0.39, 0.29) is 19.5 Å². The largest absolute Gasteiger partial charge is 0.450 e. The van der Waals surface area contributed by atoms with Crippen molar-refractivity contribution >= 4 is 13.7 Å². The molecule has 90 valence electrons. The van der Waals surface area contributed by atoms with E-state index in [2.05, 4.69) is 10.1 Å². The van der Waals surface area contributed by atoms with Gasteiger partial charge in [-0.05, 0) is 13.8 Å². The van der Waals surface area contributed by atoms with Crippen LogP contribution in [0.1, 0.15) is 20.8 Å². The zero-order valence-electron chi connectivity index (χ0n) is 9.32. The summed E-state index contributed by atoms with van der Waals surface area (Å²) in [6.07, 6.45) is -0.331. The minimum Gasteiger partial charge on any atom is -0.450 e. The lowest BCUT2D eigenvalue weighted by molar-refractivity contribution is 0.136. The Hall–Kier alpha value is -0.580. The second kappa shape index (κ2) is 7.68. The molecule has 0 saturated carbocycles. The van der Waals surface area contributed by atoms with E-state index in [0.717, 1.165) is 0 Å². The number of rotatable bonds is 7. The molecule has 0 bridgehead atoms. The van der Waals surface area contributed by atoms with Crippen LogP contribution in [0, 0.1) is 0 Å². The van der Waals surface area contributed by atoms with E-state index in [9.17, 15) is 9.36 Å². The van der Waals surface area contributed by atoms with Crippen molar-refractivity contribution in [2.24, 2.45) is 0 Å². The van der Waals surface area contributed by atoms with Crippen molar-refractivity contribution in [3.8, 4) is 0 Å². The molecule has 0 saturated heterocycles. The van der Waals surface area contributed by atoms with Gasteiger partial charge in [-0.2, -0.15) is 0 Å². The first-order valence-electron chi connectivity index (χ1n) is 4.86. The first kappa shape index (κ1) is 14.4. The Labute approximate surface area is 89.8 Å². The third-order valence-corrected chi connectivity index (χ3v) is 3.41. The molecular weight excluding hydrogens is 221 g/mol. The van der Waals surface area contributed by atoms with Crippen molar-refractivity contribution in [3.05, 3.63) is 0 Å². The molecule has 7 heteroatoms. The van der Waals surface area contributed by atoms with Gasteiger partial charge in [-0.25, -0.2) is 4.79 Å². The number of carbonyl (C=O) groups is 1. The van der Waals surface area contributed by atoms with E-state index in [1.165, 1.54) is 0 Å². The lowest BCUT2D eigenvalue weighted by Crippen LogP contribution is -2.26. The number of alkyl carbamates (subject to hydrolysis) is 1. The zero-order valence-corrected chi connectivity index (χ0v) is 10.2. The van der Waals surface area contributed by atoms with Crippen LogP contribution >= 0.6 is 7.60 Å². The van der Waals surface area contributed by atoms with Gasteiger partial charge in [-0.15, -0.1) is 0 Å². The third kappa shape index (κ3) is 6.49. The molecule has 0 spiro atoms. The summed E-state index contributed by atoms with van der Waals surface area (Å²) < 4.78 is 26.2. The van der Waals surface area contributed by atoms with Gasteiger partial charge >= 0.3 is 13.7 Å². The van der Waals surface area contributed by atoms with Gasteiger partial charge in [0.25, 0.3) is 0 Å². The Bertz CT molecular complexity index is 233. The van der Waals surface area contributed by atoms with E-state index in [1.54, 1.807) is 20.8 Å². The maximum Gasteiger partial charge on any atom is 0.408 e. The average molecular weight is 239 g/mol. The van der Waals surface area contributed by atoms with Crippen LogP contribution in [0.2, 0.25) is 0 Å². The van der Waals surface area contributed by atoms with Crippen molar-refractivity contribution in [3.63, 3.8) is 0 Å². The van der Waals surface area contributed by atoms with Crippen LogP contribution in [0.15, 0.2) is 0 Å². The number of amides is 1. The van der Waals surface area contributed by atoms with Gasteiger partial charge in [-0.3, -0.25) is 14.4 Å². The van der Waals surface area contributed by atoms with Crippen LogP contribution in [-0.2, 0) is 18.3 Å². The van der Waals surface area contributed by atoms with Crippen molar-refractivity contribution < 1.29 is 23.1 Å². The van der Waals surface area contributed by atoms with Gasteiger partial charge in [-0.1, -0.05) is 6.92 Å². The molecule has 0 aliphatic heterocycles. The van der Waals surface area contributed by atoms with Gasteiger partial charge in [0.2, 0.25) is 0 Å². The fraction of sp³-hybridized carbons (Fsp3) is 0.875. The third-order valence-electron chi connectivity index (χ3n) is 1.47. The summed E-state index contributed by atoms with van der Waals surface area (Å²) in [6.45, 7) is 5.53. The molecule has 1 atom stereocenters. The second-order valence-electron chi connectivity index (χ2n) is 2.52. The minimum atomic E-state index is -3.05. The highest BCUT2D eigenvalue weighted by Gasteiger charge is 2.21. The molecule has 0 aromatic heterocycles. The SMILES string of the molecule is CCOC(=O)NCOP(=O)(CC)OCC. The summed E-state index contributed by atoms with van der Waals surface area (Å²) in [4.78, 5) is 10.8. The smallest absolute Gasteiger partial charge is 0.408 e. The van der Waals surface area contributed by atoms with Crippen LogP contribution in [0.4, 0.5) is 4.79 Å². The summed E-state index contributed by atoms with van der Waals surface area (Å²) in [5.41, 5.74) is 0. The van der Waals surface area contributed by atoms with Crippen LogP contribution in [0.25, 0.3) is 0 Å². The normalized spacial score (nSPS) is 14.3. The lowest BCUT2D eigenvalue weighted by atomic mass is 10.9. The molecule has 0 aromatic rings. The molecule has 0 aliphatic rings. The molecule has 0 rings (SSSR count). The van der Waals surface area contributed by atoms with Crippen molar-refractivity contribution in [1.82, 2.24) is 5.32 Å². The topological polar surface area (TPSA) is 73.9 Å². The molecule has 0 fully saturated rings. The Morgan fingerprint density at radius 1 is 1.20 bits per heavy atom. The molecule has 0 radical (unpaired) electrons. The molecule has 0 aliphatic carbocycles. The first-order chi connectivity index (χ1) is 7.08. The summed E-state index contributed by atoms with van der Waals surface area (Å²) in [5.74, 6) is 0. The van der Waals surface area contributed by atoms with Gasteiger partial charge in [0, 0.05) is 6.16 Å². The average Bonchev–Trinajstić information content (AvgIpc) is 2.18. The molecule has 1 amide bonds. The minimum absolute atomic E-state index is 0.177. The maximum atomic E-state index is 11.7. The fourth-order valence-corrected chi connectivity index (χ4v) is 1.88. The van der Waals surface area contributed by atoms with Gasteiger partial charge in [0.1, 0.15) is 6.73 Å². The highest BCUT2D eigenvalue weighted by molar-refractivity contribution is 7.53. The van der Waals surface area contributed by atoms with E-state index < -0.39 is 13.7 Å². The van der Waals surface area contributed by atoms with E-state index in [0.29, 0.717) is 6.61 Å². The number of hydrogen-bond acceptors (Lipinski definition) is 5. The van der Waals surface area contributed by atoms with Crippen LogP contribution in [0.5, 0.6) is 0 Å². The molecule has 15 heavy (non-hydrogen) atoms. The molecule has 1 N–H and O–H groups in total. The zero-order chi connectivity index (χ0) is 11.7. The van der Waals surface area contributed by atoms with Crippen molar-refractivity contribution in [2.75, 3.05) is 26.1 Å². The quantitative estimate of drug-likeness (QED) is 0.543. The van der Waals surface area contributed by atoms with Gasteiger partial charge < -0.3 is 9.26 Å². The molecule has 0 heterocycles. The van der Waals surface area contributed by atoms with Crippen LogP contribution < -0.4 is 5.32 Å². The number of carbonyl (C=O) groups excluding carboxylic acids is 1. The van der Waals surface area contributed by atoms with Gasteiger partial charge in [0.05, 0.1) is 13.2 Å². The van der Waals surface area contributed by atoms with Gasteiger partial charge in [0.15, 0.2) is 0 Å². The second-order valence-corrected chi connectivity index (χ2v) is 4.89. The Kier molecular flexibility index (Phi) is 7.38. The van der Waals surface area contributed by atoms with E-state index >= 15 is 0 Å². The van der Waals surface area contributed by atoms with E-state index in [4.69, 9.17) is 9.05 Å². The number of hydrogen-bond donors (Lipinski definition) is 1. The summed E-state index contributed by atoms with van der Waals surface area (Å²) in [6, 6.07) is 0. The maximum absolute atomic E-state index is 11.7. The molecular formula is C8H18NO5P. The van der Waals surface area contributed by atoms with E-state index in [1.807, 2.05) is 0 Å². The monoisotopic (exact) mass is 239 g/mol. The Morgan fingerprint density at radius 2 is 1.87 bits per heavy atom. The van der Waals surface area contributed by atoms with Crippen molar-refractivity contribution in [1.29, 1.82) is 0 Å². The molecule has 0 aromatic carbocycles. The number of ether oxygens (including phenoxy) is 1.